The van der Waals surface area contributed by atoms with E-state index in [1.165, 1.54) is 0 Å². The summed E-state index contributed by atoms with van der Waals surface area (Å²) in [6.07, 6.45) is 0.937. The molecule has 0 saturated carbocycles. The molecule has 1 fully saturated rings. The van der Waals surface area contributed by atoms with E-state index in [1.807, 2.05) is 25.1 Å². The van der Waals surface area contributed by atoms with E-state index < -0.39 is 0 Å². The van der Waals surface area contributed by atoms with E-state index in [2.05, 4.69) is 17.1 Å². The van der Waals surface area contributed by atoms with Gasteiger partial charge in [0.2, 0.25) is 5.91 Å². The van der Waals surface area contributed by atoms with Crippen molar-refractivity contribution in [1.82, 2.24) is 5.32 Å². The van der Waals surface area contributed by atoms with Crippen LogP contribution in [-0.4, -0.2) is 31.6 Å². The third-order valence-corrected chi connectivity index (χ3v) is 3.29. The second-order valence-corrected chi connectivity index (χ2v) is 4.73. The van der Waals surface area contributed by atoms with Gasteiger partial charge in [-0.05, 0) is 25.5 Å². The fourth-order valence-corrected chi connectivity index (χ4v) is 2.17. The molecule has 1 aliphatic rings. The Morgan fingerprint density at radius 1 is 1.53 bits per heavy atom. The highest BCUT2D eigenvalue weighted by atomic mass is 16.5. The standard InChI is InChI=1S/C14H21N3O2/c1-3-8-19-13-9-11(4-5-12(13)15)17-7-6-16-14(18)10(17)2/h4-5,9-10H,3,6-8,15H2,1-2H3,(H,16,18). The van der Waals surface area contributed by atoms with Gasteiger partial charge in [-0.2, -0.15) is 0 Å². The molecule has 0 aliphatic carbocycles. The van der Waals surface area contributed by atoms with Gasteiger partial charge in [0.05, 0.1) is 12.3 Å². The van der Waals surface area contributed by atoms with Gasteiger partial charge >= 0.3 is 0 Å². The number of piperazine rings is 1. The Kier molecular flexibility index (Phi) is 4.14. The molecular formula is C14H21N3O2. The van der Waals surface area contributed by atoms with Gasteiger partial charge in [0, 0.05) is 24.8 Å². The molecule has 1 aromatic rings. The van der Waals surface area contributed by atoms with Crippen molar-refractivity contribution >= 4 is 17.3 Å². The fourth-order valence-electron chi connectivity index (χ4n) is 2.17. The topological polar surface area (TPSA) is 67.6 Å². The second kappa shape index (κ2) is 5.82. The Labute approximate surface area is 113 Å². The van der Waals surface area contributed by atoms with Crippen molar-refractivity contribution in [2.75, 3.05) is 30.3 Å². The Bertz CT molecular complexity index is 462. The third kappa shape index (κ3) is 2.92. The summed E-state index contributed by atoms with van der Waals surface area (Å²) < 4.78 is 5.63. The highest BCUT2D eigenvalue weighted by molar-refractivity contribution is 5.86. The molecule has 3 N–H and O–H groups in total. The summed E-state index contributed by atoms with van der Waals surface area (Å²) in [4.78, 5) is 13.8. The molecule has 1 saturated heterocycles. The van der Waals surface area contributed by atoms with Gasteiger partial charge < -0.3 is 20.7 Å². The lowest BCUT2D eigenvalue weighted by atomic mass is 10.1. The van der Waals surface area contributed by atoms with Crippen molar-refractivity contribution in [1.29, 1.82) is 0 Å². The summed E-state index contributed by atoms with van der Waals surface area (Å²) in [5.41, 5.74) is 7.50. The van der Waals surface area contributed by atoms with Crippen molar-refractivity contribution in [2.45, 2.75) is 26.3 Å². The zero-order chi connectivity index (χ0) is 13.8. The van der Waals surface area contributed by atoms with E-state index in [0.29, 0.717) is 24.6 Å². The lowest BCUT2D eigenvalue weighted by Crippen LogP contribution is -2.54. The van der Waals surface area contributed by atoms with Crippen LogP contribution in [0.15, 0.2) is 18.2 Å². The molecule has 0 radical (unpaired) electrons. The van der Waals surface area contributed by atoms with E-state index in [1.54, 1.807) is 0 Å². The summed E-state index contributed by atoms with van der Waals surface area (Å²) in [5, 5.41) is 2.86. The zero-order valence-electron chi connectivity index (χ0n) is 11.5. The molecule has 1 atom stereocenters. The second-order valence-electron chi connectivity index (χ2n) is 4.73. The Morgan fingerprint density at radius 3 is 3.05 bits per heavy atom. The smallest absolute Gasteiger partial charge is 0.242 e. The van der Waals surface area contributed by atoms with Gasteiger partial charge in [0.1, 0.15) is 11.8 Å². The highest BCUT2D eigenvalue weighted by Crippen LogP contribution is 2.29. The minimum atomic E-state index is -0.170. The molecule has 1 aliphatic heterocycles. The maximum Gasteiger partial charge on any atom is 0.242 e. The number of amides is 1. The quantitative estimate of drug-likeness (QED) is 0.805. The number of nitrogens with one attached hydrogen (secondary N) is 1. The molecule has 1 unspecified atom stereocenters. The largest absolute Gasteiger partial charge is 0.491 e. The fraction of sp³-hybridized carbons (Fsp3) is 0.500. The van der Waals surface area contributed by atoms with Crippen LogP contribution in [-0.2, 0) is 4.79 Å². The molecule has 0 aromatic heterocycles. The van der Waals surface area contributed by atoms with E-state index in [4.69, 9.17) is 10.5 Å². The maximum atomic E-state index is 11.7. The first-order chi connectivity index (χ1) is 9.13. The predicted octanol–water partition coefficient (Wildman–Crippen LogP) is 1.38. The summed E-state index contributed by atoms with van der Waals surface area (Å²) in [5.74, 6) is 0.747. The average molecular weight is 263 g/mol. The molecular weight excluding hydrogens is 242 g/mol. The molecule has 19 heavy (non-hydrogen) atoms. The minimum absolute atomic E-state index is 0.0547. The van der Waals surface area contributed by atoms with E-state index in [9.17, 15) is 4.79 Å². The van der Waals surface area contributed by atoms with Gasteiger partial charge in [0.25, 0.3) is 0 Å². The van der Waals surface area contributed by atoms with Crippen LogP contribution in [0.3, 0.4) is 0 Å². The van der Waals surface area contributed by atoms with E-state index in [0.717, 1.165) is 18.7 Å². The average Bonchev–Trinajstić information content (AvgIpc) is 2.41. The minimum Gasteiger partial charge on any atom is -0.491 e. The number of nitrogen functional groups attached to an aromatic ring is 1. The number of carbonyl (C=O) groups excluding carboxylic acids is 1. The number of benzene rings is 1. The van der Waals surface area contributed by atoms with Crippen LogP contribution in [0.25, 0.3) is 0 Å². The van der Waals surface area contributed by atoms with Crippen molar-refractivity contribution in [3.8, 4) is 5.75 Å². The number of ether oxygens (including phenoxy) is 1. The Morgan fingerprint density at radius 2 is 2.32 bits per heavy atom. The zero-order valence-corrected chi connectivity index (χ0v) is 11.5. The number of anilines is 2. The number of nitrogens with zero attached hydrogens (tertiary/aromatic N) is 1. The van der Waals surface area contributed by atoms with Crippen molar-refractivity contribution in [3.05, 3.63) is 18.2 Å². The molecule has 5 nitrogen and oxygen atoms in total. The van der Waals surface area contributed by atoms with Crippen LogP contribution in [0.5, 0.6) is 5.75 Å². The Balaban J connectivity index is 2.22. The van der Waals surface area contributed by atoms with Gasteiger partial charge in [0.15, 0.2) is 0 Å². The first-order valence-electron chi connectivity index (χ1n) is 6.70. The molecule has 5 heteroatoms. The van der Waals surface area contributed by atoms with Crippen molar-refractivity contribution in [2.24, 2.45) is 0 Å². The number of nitrogens with two attached hydrogens (primary N) is 1. The summed E-state index contributed by atoms with van der Waals surface area (Å²) in [6.45, 7) is 6.06. The van der Waals surface area contributed by atoms with Crippen LogP contribution < -0.4 is 20.7 Å². The van der Waals surface area contributed by atoms with Gasteiger partial charge in [-0.3, -0.25) is 4.79 Å². The normalized spacial score (nSPS) is 19.2. The number of rotatable bonds is 4. The molecule has 104 valence electrons. The number of carbonyl (C=O) groups is 1. The van der Waals surface area contributed by atoms with Gasteiger partial charge in [-0.25, -0.2) is 0 Å². The summed E-state index contributed by atoms with van der Waals surface area (Å²) in [6, 6.07) is 5.51. The van der Waals surface area contributed by atoms with Crippen LogP contribution in [0.4, 0.5) is 11.4 Å². The highest BCUT2D eigenvalue weighted by Gasteiger charge is 2.25. The molecule has 0 bridgehead atoms. The van der Waals surface area contributed by atoms with E-state index >= 15 is 0 Å². The predicted molar refractivity (Wildman–Crippen MR) is 76.5 cm³/mol. The maximum absolute atomic E-state index is 11.7. The third-order valence-electron chi connectivity index (χ3n) is 3.29. The monoisotopic (exact) mass is 263 g/mol. The Hall–Kier alpha value is -1.91. The number of hydrogen-bond donors (Lipinski definition) is 2. The first kappa shape index (κ1) is 13.5. The van der Waals surface area contributed by atoms with Gasteiger partial charge in [-0.15, -0.1) is 0 Å². The van der Waals surface area contributed by atoms with Crippen LogP contribution in [0.1, 0.15) is 20.3 Å². The molecule has 1 aromatic carbocycles. The molecule has 1 heterocycles. The summed E-state index contributed by atoms with van der Waals surface area (Å²) in [7, 11) is 0. The van der Waals surface area contributed by atoms with Crippen molar-refractivity contribution in [3.63, 3.8) is 0 Å². The summed E-state index contributed by atoms with van der Waals surface area (Å²) >= 11 is 0. The number of hydrogen-bond acceptors (Lipinski definition) is 4. The first-order valence-corrected chi connectivity index (χ1v) is 6.70. The van der Waals surface area contributed by atoms with E-state index in [-0.39, 0.29) is 11.9 Å². The molecule has 0 spiro atoms. The van der Waals surface area contributed by atoms with Crippen LogP contribution in [0, 0.1) is 0 Å². The van der Waals surface area contributed by atoms with Crippen LogP contribution >= 0.6 is 0 Å². The SMILES string of the molecule is CCCOc1cc(N2CCNC(=O)C2C)ccc1N. The lowest BCUT2D eigenvalue weighted by Gasteiger charge is -2.35. The van der Waals surface area contributed by atoms with Crippen LogP contribution in [0.2, 0.25) is 0 Å². The van der Waals surface area contributed by atoms with Gasteiger partial charge in [-0.1, -0.05) is 6.92 Å². The lowest BCUT2D eigenvalue weighted by molar-refractivity contribution is -0.122. The van der Waals surface area contributed by atoms with Crippen molar-refractivity contribution < 1.29 is 9.53 Å². The molecule has 2 rings (SSSR count). The molecule has 1 amide bonds.